The van der Waals surface area contributed by atoms with Crippen molar-refractivity contribution in [3.8, 4) is 0 Å². The lowest BCUT2D eigenvalue weighted by molar-refractivity contribution is 0.141. The Kier molecular flexibility index (Phi) is 6.22. The Morgan fingerprint density at radius 3 is 2.59 bits per heavy atom. The molecule has 0 unspecified atom stereocenters. The lowest BCUT2D eigenvalue weighted by atomic mass is 10.3. The van der Waals surface area contributed by atoms with Crippen molar-refractivity contribution in [3.63, 3.8) is 0 Å². The van der Waals surface area contributed by atoms with Gasteiger partial charge in [-0.2, -0.15) is 0 Å². The number of ether oxygens (including phenoxy) is 1. The fourth-order valence-corrected chi connectivity index (χ4v) is 1.51. The van der Waals surface area contributed by atoms with E-state index in [0.717, 1.165) is 30.8 Å². The van der Waals surface area contributed by atoms with Crippen LogP contribution in [0.15, 0.2) is 0 Å². The third-order valence-corrected chi connectivity index (χ3v) is 2.71. The molecule has 0 bridgehead atoms. The number of nitrogens with one attached hydrogen (secondary N) is 1. The maximum Gasteiger partial charge on any atom is 0.171 e. The topological polar surface area (TPSA) is 47.0 Å². The summed E-state index contributed by atoms with van der Waals surface area (Å²) >= 11 is 5.99. The average Bonchev–Trinajstić information content (AvgIpc) is 2.30. The molecule has 1 N–H and O–H groups in total. The molecule has 96 valence electrons. The molecule has 0 radical (unpaired) electrons. The van der Waals surface area contributed by atoms with Gasteiger partial charge in [0.2, 0.25) is 0 Å². The summed E-state index contributed by atoms with van der Waals surface area (Å²) in [4.78, 5) is 8.55. The Bertz CT molecular complexity index is 358. The average molecular weight is 258 g/mol. The minimum atomic E-state index is 0.418. The van der Waals surface area contributed by atoms with Gasteiger partial charge in [-0.1, -0.05) is 24.9 Å². The highest BCUT2D eigenvalue weighted by atomic mass is 35.5. The van der Waals surface area contributed by atoms with Crippen LogP contribution >= 0.6 is 11.6 Å². The van der Waals surface area contributed by atoms with Crippen LogP contribution in [-0.4, -0.2) is 29.7 Å². The van der Waals surface area contributed by atoms with Crippen molar-refractivity contribution in [2.75, 3.05) is 25.1 Å². The molecule has 0 saturated carbocycles. The van der Waals surface area contributed by atoms with Gasteiger partial charge in [0.25, 0.3) is 0 Å². The van der Waals surface area contributed by atoms with Crippen LogP contribution in [0.3, 0.4) is 0 Å². The normalized spacial score (nSPS) is 10.6. The zero-order valence-electron chi connectivity index (χ0n) is 10.7. The van der Waals surface area contributed by atoms with Gasteiger partial charge in [0.05, 0.1) is 18.0 Å². The van der Waals surface area contributed by atoms with Crippen molar-refractivity contribution in [1.29, 1.82) is 0 Å². The second kappa shape index (κ2) is 7.45. The second-order valence-corrected chi connectivity index (χ2v) is 4.28. The summed E-state index contributed by atoms with van der Waals surface area (Å²) in [5.41, 5.74) is 1.75. The molecule has 1 heterocycles. The first-order valence-electron chi connectivity index (χ1n) is 5.97. The molecule has 1 rings (SSSR count). The van der Waals surface area contributed by atoms with Crippen LogP contribution in [0.25, 0.3) is 0 Å². The number of hydrogen-bond donors (Lipinski definition) is 1. The quantitative estimate of drug-likeness (QED) is 0.763. The SMILES string of the molecule is CCCCOCCNc1nc(C)c(C)nc1Cl. The van der Waals surface area contributed by atoms with Crippen molar-refractivity contribution in [1.82, 2.24) is 9.97 Å². The molecule has 1 aromatic heterocycles. The summed E-state index contributed by atoms with van der Waals surface area (Å²) in [5, 5.41) is 3.55. The van der Waals surface area contributed by atoms with Crippen LogP contribution in [-0.2, 0) is 4.74 Å². The van der Waals surface area contributed by atoms with Gasteiger partial charge in [0.1, 0.15) is 0 Å². The maximum absolute atomic E-state index is 5.99. The van der Waals surface area contributed by atoms with E-state index in [1.165, 1.54) is 0 Å². The number of aromatic nitrogens is 2. The highest BCUT2D eigenvalue weighted by molar-refractivity contribution is 6.31. The molecule has 5 heteroatoms. The predicted molar refractivity (Wildman–Crippen MR) is 70.7 cm³/mol. The lowest BCUT2D eigenvalue weighted by Gasteiger charge is -2.09. The Hall–Kier alpha value is -0.870. The van der Waals surface area contributed by atoms with E-state index in [2.05, 4.69) is 22.2 Å². The third-order valence-electron chi connectivity index (χ3n) is 2.45. The molecule has 0 aliphatic rings. The Balaban J connectivity index is 2.34. The molecule has 4 nitrogen and oxygen atoms in total. The number of halogens is 1. The monoisotopic (exact) mass is 257 g/mol. The van der Waals surface area contributed by atoms with E-state index in [4.69, 9.17) is 16.3 Å². The number of rotatable bonds is 7. The smallest absolute Gasteiger partial charge is 0.171 e. The van der Waals surface area contributed by atoms with Crippen molar-refractivity contribution < 1.29 is 4.74 Å². The van der Waals surface area contributed by atoms with Gasteiger partial charge in [0, 0.05) is 13.2 Å². The summed E-state index contributed by atoms with van der Waals surface area (Å²) in [6.07, 6.45) is 2.26. The van der Waals surface area contributed by atoms with Crippen LogP contribution in [0, 0.1) is 13.8 Å². The first-order chi connectivity index (χ1) is 8.15. The van der Waals surface area contributed by atoms with Gasteiger partial charge in [-0.05, 0) is 20.3 Å². The van der Waals surface area contributed by atoms with Crippen LogP contribution in [0.1, 0.15) is 31.2 Å². The van der Waals surface area contributed by atoms with Crippen LogP contribution < -0.4 is 5.32 Å². The molecule has 0 saturated heterocycles. The molecular formula is C12H20ClN3O. The highest BCUT2D eigenvalue weighted by Crippen LogP contribution is 2.17. The maximum atomic E-state index is 5.99. The molecule has 1 aromatic rings. The fourth-order valence-electron chi connectivity index (χ4n) is 1.28. The van der Waals surface area contributed by atoms with Gasteiger partial charge in [-0.3, -0.25) is 0 Å². The number of anilines is 1. The lowest BCUT2D eigenvalue weighted by Crippen LogP contribution is -2.12. The van der Waals surface area contributed by atoms with Crippen molar-refractivity contribution in [2.45, 2.75) is 33.6 Å². The number of nitrogens with zero attached hydrogens (tertiary/aromatic N) is 2. The van der Waals surface area contributed by atoms with E-state index in [-0.39, 0.29) is 0 Å². The van der Waals surface area contributed by atoms with Crippen molar-refractivity contribution in [3.05, 3.63) is 16.5 Å². The summed E-state index contributed by atoms with van der Waals surface area (Å²) in [6, 6.07) is 0. The van der Waals surface area contributed by atoms with E-state index in [1.54, 1.807) is 0 Å². The zero-order chi connectivity index (χ0) is 12.7. The van der Waals surface area contributed by atoms with Crippen molar-refractivity contribution in [2.24, 2.45) is 0 Å². The van der Waals surface area contributed by atoms with Crippen molar-refractivity contribution >= 4 is 17.4 Å². The molecular weight excluding hydrogens is 238 g/mol. The first kappa shape index (κ1) is 14.2. The Labute approximate surface area is 108 Å². The molecule has 17 heavy (non-hydrogen) atoms. The number of aryl methyl sites for hydroxylation is 2. The summed E-state index contributed by atoms with van der Waals surface area (Å²) in [5.74, 6) is 0.633. The molecule has 0 amide bonds. The summed E-state index contributed by atoms with van der Waals surface area (Å²) in [6.45, 7) is 8.12. The molecule has 0 fully saturated rings. The fraction of sp³-hybridized carbons (Fsp3) is 0.667. The van der Waals surface area contributed by atoms with E-state index in [9.17, 15) is 0 Å². The Morgan fingerprint density at radius 2 is 1.88 bits per heavy atom. The third kappa shape index (κ3) is 4.88. The van der Waals surface area contributed by atoms with Gasteiger partial charge < -0.3 is 10.1 Å². The largest absolute Gasteiger partial charge is 0.380 e. The highest BCUT2D eigenvalue weighted by Gasteiger charge is 2.05. The first-order valence-corrected chi connectivity index (χ1v) is 6.35. The van der Waals surface area contributed by atoms with Gasteiger partial charge in [0.15, 0.2) is 11.0 Å². The molecule has 0 atom stereocenters. The predicted octanol–water partition coefficient (Wildman–Crippen LogP) is 2.98. The van der Waals surface area contributed by atoms with Gasteiger partial charge in [-0.25, -0.2) is 9.97 Å². The van der Waals surface area contributed by atoms with E-state index >= 15 is 0 Å². The summed E-state index contributed by atoms with van der Waals surface area (Å²) < 4.78 is 5.44. The van der Waals surface area contributed by atoms with Gasteiger partial charge in [-0.15, -0.1) is 0 Å². The minimum absolute atomic E-state index is 0.418. The van der Waals surface area contributed by atoms with Crippen LogP contribution in [0.4, 0.5) is 5.82 Å². The standard InChI is InChI=1S/C12H20ClN3O/c1-4-5-7-17-8-6-14-12-11(13)15-9(2)10(3)16-12/h4-8H2,1-3H3,(H,14,16). The molecule has 0 aliphatic heterocycles. The zero-order valence-corrected chi connectivity index (χ0v) is 11.5. The number of hydrogen-bond acceptors (Lipinski definition) is 4. The molecule has 0 aliphatic carbocycles. The van der Waals surface area contributed by atoms with E-state index < -0.39 is 0 Å². The second-order valence-electron chi connectivity index (χ2n) is 3.93. The number of unbranched alkanes of at least 4 members (excludes halogenated alkanes) is 1. The van der Waals surface area contributed by atoms with E-state index in [1.807, 2.05) is 13.8 Å². The van der Waals surface area contributed by atoms with Crippen LogP contribution in [0.5, 0.6) is 0 Å². The summed E-state index contributed by atoms with van der Waals surface area (Å²) in [7, 11) is 0. The van der Waals surface area contributed by atoms with E-state index in [0.29, 0.717) is 24.1 Å². The van der Waals surface area contributed by atoms with Gasteiger partial charge >= 0.3 is 0 Å². The van der Waals surface area contributed by atoms with Crippen LogP contribution in [0.2, 0.25) is 5.15 Å². The Morgan fingerprint density at radius 1 is 1.18 bits per heavy atom. The minimum Gasteiger partial charge on any atom is -0.380 e. The molecule has 0 spiro atoms. The molecule has 0 aromatic carbocycles.